The van der Waals surface area contributed by atoms with Gasteiger partial charge in [-0.05, 0) is 76.4 Å². The normalized spacial score (nSPS) is 12.4. The molecule has 0 bridgehead atoms. The number of rotatable bonds is 10. The third-order valence-electron chi connectivity index (χ3n) is 6.34. The second-order valence-electron chi connectivity index (χ2n) is 10.1. The predicted octanol–water partition coefficient (Wildman–Crippen LogP) is 4.17. The van der Waals surface area contributed by atoms with Crippen LogP contribution in [0.25, 0.3) is 27.9 Å². The van der Waals surface area contributed by atoms with Crippen LogP contribution in [0.2, 0.25) is 0 Å². The number of nitrogens with two attached hydrogens (primary N) is 1. The number of amides is 2. The minimum atomic E-state index is -0.969. The van der Waals surface area contributed by atoms with Gasteiger partial charge in [0, 0.05) is 23.0 Å². The Morgan fingerprint density at radius 3 is 2.45 bits per heavy atom. The number of ether oxygens (including phenoxy) is 1. The quantitative estimate of drug-likeness (QED) is 0.264. The molecule has 4 N–H and O–H groups in total. The van der Waals surface area contributed by atoms with Gasteiger partial charge in [-0.15, -0.1) is 5.10 Å². The van der Waals surface area contributed by atoms with Crippen LogP contribution in [0.1, 0.15) is 40.0 Å². The van der Waals surface area contributed by atoms with E-state index in [9.17, 15) is 14.7 Å². The van der Waals surface area contributed by atoms with Gasteiger partial charge in [-0.1, -0.05) is 12.1 Å². The van der Waals surface area contributed by atoms with Gasteiger partial charge in [0.15, 0.2) is 11.5 Å². The molecule has 0 radical (unpaired) electrons. The van der Waals surface area contributed by atoms with Gasteiger partial charge in [0.25, 0.3) is 0 Å². The van der Waals surface area contributed by atoms with Crippen LogP contribution >= 0.6 is 0 Å². The van der Waals surface area contributed by atoms with Gasteiger partial charge in [-0.3, -0.25) is 4.79 Å². The number of nitrogens with zero attached hydrogens (tertiary/aromatic N) is 5. The summed E-state index contributed by atoms with van der Waals surface area (Å²) in [5.74, 6) is 1.04. The Morgan fingerprint density at radius 1 is 1.11 bits per heavy atom. The van der Waals surface area contributed by atoms with Crippen molar-refractivity contribution in [3.05, 3.63) is 48.5 Å². The number of anilines is 1. The molecule has 11 nitrogen and oxygen atoms in total. The Hall–Kier alpha value is -4.41. The fourth-order valence-corrected chi connectivity index (χ4v) is 4.29. The number of carboxylic acid groups (broad SMARTS) is 1. The van der Waals surface area contributed by atoms with Crippen LogP contribution in [-0.2, 0) is 4.79 Å². The van der Waals surface area contributed by atoms with Crippen LogP contribution in [0.3, 0.4) is 0 Å². The van der Waals surface area contributed by atoms with Crippen LogP contribution in [0.4, 0.5) is 10.7 Å². The lowest BCUT2D eigenvalue weighted by Crippen LogP contribution is -2.45. The molecule has 0 aliphatic heterocycles. The van der Waals surface area contributed by atoms with E-state index >= 15 is 0 Å². The molecule has 38 heavy (non-hydrogen) atoms. The van der Waals surface area contributed by atoms with Crippen LogP contribution in [0.5, 0.6) is 5.75 Å². The van der Waals surface area contributed by atoms with Crippen molar-refractivity contribution >= 4 is 34.5 Å². The second kappa shape index (κ2) is 10.9. The average Bonchev–Trinajstić information content (AvgIpc) is 3.33. The summed E-state index contributed by atoms with van der Waals surface area (Å²) in [7, 11) is 1.61. The Kier molecular flexibility index (Phi) is 7.65. The summed E-state index contributed by atoms with van der Waals surface area (Å²) in [5, 5.41) is 18.2. The van der Waals surface area contributed by atoms with Crippen molar-refractivity contribution in [2.24, 2.45) is 5.73 Å². The first-order valence-electron chi connectivity index (χ1n) is 12.4. The molecule has 0 aliphatic rings. The molecule has 0 saturated heterocycles. The first kappa shape index (κ1) is 26.6. The molecule has 0 saturated carbocycles. The number of unbranched alkanes of at least 4 members (excludes halogenated alkanes) is 1. The number of carbonyl (C=O) groups excluding carboxylic acids is 1. The lowest BCUT2D eigenvalue weighted by molar-refractivity contribution is -0.118. The van der Waals surface area contributed by atoms with E-state index in [4.69, 9.17) is 20.4 Å². The molecular formula is C27H33N7O4. The summed E-state index contributed by atoms with van der Waals surface area (Å²) in [6.45, 7) is 5.91. The number of hydrogen-bond donors (Lipinski definition) is 3. The topological polar surface area (TPSA) is 148 Å². The molecule has 0 spiro atoms. The maximum atomic E-state index is 12.4. The van der Waals surface area contributed by atoms with Crippen molar-refractivity contribution in [1.29, 1.82) is 0 Å². The van der Waals surface area contributed by atoms with Gasteiger partial charge in [0.1, 0.15) is 11.8 Å². The number of nitrogens with one attached hydrogen (secondary N) is 1. The van der Waals surface area contributed by atoms with E-state index in [1.807, 2.05) is 69.3 Å². The lowest BCUT2D eigenvalue weighted by Gasteiger charge is -2.33. The number of hydrogen-bond acceptors (Lipinski definition) is 7. The fraction of sp³-hybridized carbons (Fsp3) is 0.370. The summed E-state index contributed by atoms with van der Waals surface area (Å²) < 4.78 is 6.83. The van der Waals surface area contributed by atoms with E-state index < -0.39 is 23.6 Å². The van der Waals surface area contributed by atoms with Crippen molar-refractivity contribution in [1.82, 2.24) is 24.5 Å². The minimum absolute atomic E-state index is 0.344. The van der Waals surface area contributed by atoms with E-state index in [1.165, 1.54) is 4.90 Å². The van der Waals surface area contributed by atoms with Crippen molar-refractivity contribution in [3.8, 4) is 17.1 Å². The fourth-order valence-electron chi connectivity index (χ4n) is 4.29. The first-order valence-corrected chi connectivity index (χ1v) is 12.4. The molecule has 1 atom stereocenters. The summed E-state index contributed by atoms with van der Waals surface area (Å²) in [4.78, 5) is 34.8. The highest BCUT2D eigenvalue weighted by Crippen LogP contribution is 2.26. The minimum Gasteiger partial charge on any atom is -0.497 e. The standard InChI is InChI=1S/C27H33N7O4/c1-27(2,3)33(26(36)37)16-8-7-11-21(22(28)35)30-25-29-20-10-6-5-9-19(20)24-31-23(32-34(24)25)17-12-14-18(38-4)15-13-17/h5-6,9-10,12-15,21H,7-8,11,16H2,1-4H3,(H2,28,35)(H,29,30)(H,36,37)/t21-/m0/s1. The number of primary amides is 1. The summed E-state index contributed by atoms with van der Waals surface area (Å²) >= 11 is 0. The highest BCUT2D eigenvalue weighted by atomic mass is 16.5. The molecule has 11 heteroatoms. The second-order valence-corrected chi connectivity index (χ2v) is 10.1. The molecule has 2 aromatic heterocycles. The summed E-state index contributed by atoms with van der Waals surface area (Å²) in [6.07, 6.45) is 0.610. The van der Waals surface area contributed by atoms with Gasteiger partial charge in [-0.2, -0.15) is 4.52 Å². The maximum Gasteiger partial charge on any atom is 0.407 e. The number of para-hydroxylation sites is 1. The van der Waals surface area contributed by atoms with Crippen LogP contribution in [-0.4, -0.2) is 66.8 Å². The molecule has 2 amide bonds. The van der Waals surface area contributed by atoms with E-state index in [0.717, 1.165) is 16.7 Å². The molecule has 0 unspecified atom stereocenters. The van der Waals surface area contributed by atoms with Crippen LogP contribution in [0, 0.1) is 0 Å². The number of benzene rings is 2. The number of fused-ring (bicyclic) bond motifs is 3. The highest BCUT2D eigenvalue weighted by Gasteiger charge is 2.26. The Labute approximate surface area is 220 Å². The smallest absolute Gasteiger partial charge is 0.407 e. The van der Waals surface area contributed by atoms with Crippen molar-refractivity contribution in [2.75, 3.05) is 19.0 Å². The van der Waals surface area contributed by atoms with Gasteiger partial charge in [0.05, 0.1) is 12.6 Å². The average molecular weight is 520 g/mol. The van der Waals surface area contributed by atoms with Crippen LogP contribution in [0.15, 0.2) is 48.5 Å². The van der Waals surface area contributed by atoms with E-state index in [2.05, 4.69) is 10.4 Å². The molecule has 200 valence electrons. The molecule has 4 rings (SSSR count). The molecule has 4 aromatic rings. The van der Waals surface area contributed by atoms with Crippen molar-refractivity contribution in [3.63, 3.8) is 0 Å². The molecular weight excluding hydrogens is 486 g/mol. The van der Waals surface area contributed by atoms with Gasteiger partial charge in [0.2, 0.25) is 11.9 Å². The Balaban J connectivity index is 1.60. The monoisotopic (exact) mass is 519 g/mol. The zero-order valence-corrected chi connectivity index (χ0v) is 22.0. The van der Waals surface area contributed by atoms with Crippen LogP contribution < -0.4 is 15.8 Å². The predicted molar refractivity (Wildman–Crippen MR) is 145 cm³/mol. The van der Waals surface area contributed by atoms with Gasteiger partial charge in [-0.25, -0.2) is 14.8 Å². The van der Waals surface area contributed by atoms with Crippen molar-refractivity contribution < 1.29 is 19.4 Å². The van der Waals surface area contributed by atoms with Gasteiger partial charge >= 0.3 is 6.09 Å². The lowest BCUT2D eigenvalue weighted by atomic mass is 10.0. The molecule has 2 heterocycles. The first-order chi connectivity index (χ1) is 18.1. The zero-order chi connectivity index (χ0) is 27.4. The largest absolute Gasteiger partial charge is 0.497 e. The number of carbonyl (C=O) groups is 2. The summed E-state index contributed by atoms with van der Waals surface area (Å²) in [6, 6.07) is 14.3. The van der Waals surface area contributed by atoms with E-state index in [0.29, 0.717) is 48.7 Å². The molecule has 0 fully saturated rings. The summed E-state index contributed by atoms with van der Waals surface area (Å²) in [5.41, 5.74) is 7.31. The number of methoxy groups -OCH3 is 1. The Morgan fingerprint density at radius 2 is 1.82 bits per heavy atom. The zero-order valence-electron chi connectivity index (χ0n) is 22.0. The molecule has 2 aromatic carbocycles. The number of aromatic nitrogens is 4. The molecule has 0 aliphatic carbocycles. The third-order valence-corrected chi connectivity index (χ3v) is 6.34. The van der Waals surface area contributed by atoms with Crippen molar-refractivity contribution in [2.45, 2.75) is 51.6 Å². The third kappa shape index (κ3) is 5.77. The maximum absolute atomic E-state index is 12.4. The van der Waals surface area contributed by atoms with E-state index in [1.54, 1.807) is 11.6 Å². The highest BCUT2D eigenvalue weighted by molar-refractivity contribution is 5.93. The SMILES string of the molecule is COc1ccc(-c2nc3c4ccccc4nc(N[C@@H](CCCCN(C(=O)O)C(C)(C)C)C(N)=O)n3n2)cc1. The van der Waals surface area contributed by atoms with E-state index in [-0.39, 0.29) is 0 Å². The van der Waals surface area contributed by atoms with Gasteiger partial charge < -0.3 is 25.8 Å². The Bertz CT molecular complexity index is 1440.